The average molecular weight is 497 g/mol. The van der Waals surface area contributed by atoms with E-state index in [0.29, 0.717) is 25.5 Å². The van der Waals surface area contributed by atoms with Crippen LogP contribution < -0.4 is 5.73 Å². The SMILES string of the molecule is CC(O[C@@H]1CC[C@H](CN2CCC[C@@H]2C(N)=O)[C@H]1c1ccc(F)cc1)c1cc(F)cc(C(F)(F)F)c1. The lowest BCUT2D eigenvalue weighted by atomic mass is 9.86. The first kappa shape index (κ1) is 25.6. The highest BCUT2D eigenvalue weighted by molar-refractivity contribution is 5.80. The van der Waals surface area contributed by atoms with Crippen molar-refractivity contribution in [1.82, 2.24) is 4.90 Å². The van der Waals surface area contributed by atoms with Gasteiger partial charge < -0.3 is 10.5 Å². The van der Waals surface area contributed by atoms with Crippen molar-refractivity contribution in [3.05, 3.63) is 70.8 Å². The van der Waals surface area contributed by atoms with Crippen molar-refractivity contribution in [1.29, 1.82) is 0 Å². The third-order valence-corrected chi connectivity index (χ3v) is 7.24. The third-order valence-electron chi connectivity index (χ3n) is 7.24. The fourth-order valence-electron chi connectivity index (χ4n) is 5.59. The lowest BCUT2D eigenvalue weighted by Crippen LogP contribution is -2.43. The number of nitrogens with two attached hydrogens (primary N) is 1. The largest absolute Gasteiger partial charge is 0.416 e. The van der Waals surface area contributed by atoms with Crippen LogP contribution in [-0.2, 0) is 15.7 Å². The number of primary amides is 1. The molecule has 4 nitrogen and oxygen atoms in total. The molecule has 2 aliphatic rings. The van der Waals surface area contributed by atoms with E-state index in [-0.39, 0.29) is 41.3 Å². The van der Waals surface area contributed by atoms with E-state index in [1.165, 1.54) is 12.1 Å². The molecule has 4 rings (SSSR count). The van der Waals surface area contributed by atoms with Crippen LogP contribution in [0.15, 0.2) is 42.5 Å². The molecule has 1 unspecified atom stereocenters. The van der Waals surface area contributed by atoms with Gasteiger partial charge in [0.05, 0.1) is 23.8 Å². The summed E-state index contributed by atoms with van der Waals surface area (Å²) in [7, 11) is 0. The number of likely N-dealkylation sites (tertiary alicyclic amines) is 1. The van der Waals surface area contributed by atoms with Crippen molar-refractivity contribution in [2.45, 2.75) is 63.0 Å². The Labute approximate surface area is 201 Å². The molecule has 2 fully saturated rings. The van der Waals surface area contributed by atoms with Crippen LogP contribution in [0.3, 0.4) is 0 Å². The van der Waals surface area contributed by atoms with Gasteiger partial charge in [-0.2, -0.15) is 13.2 Å². The van der Waals surface area contributed by atoms with Crippen molar-refractivity contribution in [2.24, 2.45) is 11.7 Å². The maximum Gasteiger partial charge on any atom is 0.416 e. The smallest absolute Gasteiger partial charge is 0.370 e. The molecule has 1 saturated heterocycles. The van der Waals surface area contributed by atoms with Gasteiger partial charge in [0, 0.05) is 12.5 Å². The summed E-state index contributed by atoms with van der Waals surface area (Å²) in [5.41, 5.74) is 5.48. The lowest BCUT2D eigenvalue weighted by Gasteiger charge is -2.32. The van der Waals surface area contributed by atoms with E-state index in [1.807, 2.05) is 0 Å². The maximum absolute atomic E-state index is 14.0. The zero-order chi connectivity index (χ0) is 25.3. The molecule has 0 radical (unpaired) electrons. The van der Waals surface area contributed by atoms with E-state index in [4.69, 9.17) is 10.5 Å². The Morgan fingerprint density at radius 3 is 2.46 bits per heavy atom. The first-order valence-electron chi connectivity index (χ1n) is 11.8. The molecule has 35 heavy (non-hydrogen) atoms. The molecule has 2 aromatic carbocycles. The second kappa shape index (κ2) is 10.2. The molecule has 1 saturated carbocycles. The van der Waals surface area contributed by atoms with Crippen molar-refractivity contribution < 1.29 is 31.5 Å². The van der Waals surface area contributed by atoms with Crippen LogP contribution in [0.4, 0.5) is 22.0 Å². The number of nitrogens with zero attached hydrogens (tertiary/aromatic N) is 1. The minimum Gasteiger partial charge on any atom is -0.370 e. The monoisotopic (exact) mass is 496 g/mol. The number of ether oxygens (including phenoxy) is 1. The van der Waals surface area contributed by atoms with Crippen LogP contribution in [0.5, 0.6) is 0 Å². The minimum atomic E-state index is -4.67. The first-order chi connectivity index (χ1) is 16.5. The Kier molecular flexibility index (Phi) is 7.47. The van der Waals surface area contributed by atoms with Gasteiger partial charge >= 0.3 is 6.18 Å². The van der Waals surface area contributed by atoms with Crippen molar-refractivity contribution >= 4 is 5.91 Å². The van der Waals surface area contributed by atoms with Gasteiger partial charge in [0.15, 0.2) is 0 Å². The molecule has 1 aliphatic carbocycles. The van der Waals surface area contributed by atoms with Crippen LogP contribution in [0, 0.1) is 17.6 Å². The molecule has 1 heterocycles. The fourth-order valence-corrected chi connectivity index (χ4v) is 5.59. The van der Waals surface area contributed by atoms with Gasteiger partial charge in [-0.25, -0.2) is 8.78 Å². The quantitative estimate of drug-likeness (QED) is 0.510. The molecule has 1 amide bonds. The topological polar surface area (TPSA) is 55.6 Å². The number of rotatable bonds is 7. The van der Waals surface area contributed by atoms with E-state index in [2.05, 4.69) is 4.90 Å². The minimum absolute atomic E-state index is 0.0795. The van der Waals surface area contributed by atoms with Gasteiger partial charge in [0.25, 0.3) is 0 Å². The van der Waals surface area contributed by atoms with Gasteiger partial charge in [-0.05, 0) is 86.5 Å². The zero-order valence-corrected chi connectivity index (χ0v) is 19.4. The fraction of sp³-hybridized carbons (Fsp3) is 0.500. The molecule has 1 aliphatic heterocycles. The second-order valence-corrected chi connectivity index (χ2v) is 9.56. The Morgan fingerprint density at radius 2 is 1.80 bits per heavy atom. The number of alkyl halides is 3. The number of hydrogen-bond donors (Lipinski definition) is 1. The Balaban J connectivity index is 1.57. The van der Waals surface area contributed by atoms with Gasteiger partial charge in [-0.15, -0.1) is 0 Å². The Hall–Kier alpha value is -2.52. The molecule has 0 aromatic heterocycles. The Bertz CT molecular complexity index is 1040. The molecule has 9 heteroatoms. The normalized spacial score (nSPS) is 26.2. The molecular formula is C26H29F5N2O2. The molecule has 0 bridgehead atoms. The van der Waals surface area contributed by atoms with Crippen molar-refractivity contribution in [3.8, 4) is 0 Å². The molecule has 2 aromatic rings. The standard InChI is InChI=1S/C26H29F5N2O2/c1-15(18-11-19(26(29,30)31)13-21(28)12-18)35-23-9-6-17(14-33-10-2-3-22(33)25(32)34)24(23)16-4-7-20(27)8-5-16/h4-5,7-8,11-13,15,17,22-24H,2-3,6,9-10,14H2,1H3,(H2,32,34)/t15?,17-,22-,23-,24-/m1/s1. The number of carbonyl (C=O) groups excluding carboxylic acids is 1. The van der Waals surface area contributed by atoms with Crippen LogP contribution in [0.2, 0.25) is 0 Å². The summed E-state index contributed by atoms with van der Waals surface area (Å²) in [6.45, 7) is 2.97. The number of amides is 1. The van der Waals surface area contributed by atoms with Gasteiger partial charge in [0.2, 0.25) is 5.91 Å². The number of carbonyl (C=O) groups is 1. The first-order valence-corrected chi connectivity index (χ1v) is 11.8. The average Bonchev–Trinajstić information content (AvgIpc) is 3.41. The molecular weight excluding hydrogens is 467 g/mol. The summed E-state index contributed by atoms with van der Waals surface area (Å²) in [6, 6.07) is 8.24. The summed E-state index contributed by atoms with van der Waals surface area (Å²) >= 11 is 0. The van der Waals surface area contributed by atoms with E-state index >= 15 is 0 Å². The summed E-state index contributed by atoms with van der Waals surface area (Å²) in [4.78, 5) is 14.0. The van der Waals surface area contributed by atoms with E-state index in [9.17, 15) is 26.7 Å². The van der Waals surface area contributed by atoms with Gasteiger partial charge in [-0.1, -0.05) is 12.1 Å². The number of benzene rings is 2. The van der Waals surface area contributed by atoms with Crippen molar-refractivity contribution in [2.75, 3.05) is 13.1 Å². The maximum atomic E-state index is 14.0. The highest BCUT2D eigenvalue weighted by atomic mass is 19.4. The van der Waals surface area contributed by atoms with E-state index < -0.39 is 23.7 Å². The van der Waals surface area contributed by atoms with Crippen LogP contribution >= 0.6 is 0 Å². The molecule has 190 valence electrons. The van der Waals surface area contributed by atoms with Crippen LogP contribution in [0.25, 0.3) is 0 Å². The van der Waals surface area contributed by atoms with Gasteiger partial charge in [0.1, 0.15) is 11.6 Å². The molecule has 5 atom stereocenters. The number of hydrogen-bond acceptors (Lipinski definition) is 3. The van der Waals surface area contributed by atoms with E-state index in [1.54, 1.807) is 19.1 Å². The van der Waals surface area contributed by atoms with Crippen LogP contribution in [0.1, 0.15) is 61.3 Å². The highest BCUT2D eigenvalue weighted by Crippen LogP contribution is 2.45. The van der Waals surface area contributed by atoms with Crippen LogP contribution in [-0.4, -0.2) is 36.0 Å². The van der Waals surface area contributed by atoms with Gasteiger partial charge in [-0.3, -0.25) is 9.69 Å². The summed E-state index contributed by atoms with van der Waals surface area (Å²) in [6.07, 6.45) is -2.85. The molecule has 0 spiro atoms. The summed E-state index contributed by atoms with van der Waals surface area (Å²) in [5.74, 6) is -1.79. The highest BCUT2D eigenvalue weighted by Gasteiger charge is 2.42. The predicted molar refractivity (Wildman–Crippen MR) is 120 cm³/mol. The lowest BCUT2D eigenvalue weighted by molar-refractivity contribution is -0.138. The van der Waals surface area contributed by atoms with E-state index in [0.717, 1.165) is 37.1 Å². The second-order valence-electron chi connectivity index (χ2n) is 9.56. The van der Waals surface area contributed by atoms with Crippen molar-refractivity contribution in [3.63, 3.8) is 0 Å². The summed E-state index contributed by atoms with van der Waals surface area (Å²) in [5, 5.41) is 0. The predicted octanol–water partition coefficient (Wildman–Crippen LogP) is 5.57. The zero-order valence-electron chi connectivity index (χ0n) is 19.4. The Morgan fingerprint density at radius 1 is 1.09 bits per heavy atom. The molecule has 2 N–H and O–H groups in total. The third kappa shape index (κ3) is 5.83. The number of halogens is 5. The summed E-state index contributed by atoms with van der Waals surface area (Å²) < 4.78 is 73.4.